The number of rotatable bonds is 7. The molecule has 4 rings (SSSR count). The minimum absolute atomic E-state index is 0.0942. The zero-order valence-electron chi connectivity index (χ0n) is 21.9. The highest BCUT2D eigenvalue weighted by Gasteiger charge is 2.29. The van der Waals surface area contributed by atoms with Crippen molar-refractivity contribution < 1.29 is 17.9 Å². The van der Waals surface area contributed by atoms with E-state index in [1.807, 2.05) is 46.8 Å². The van der Waals surface area contributed by atoms with Crippen molar-refractivity contribution >= 4 is 27.5 Å². The van der Waals surface area contributed by atoms with Crippen LogP contribution in [0.3, 0.4) is 0 Å². The smallest absolute Gasteiger partial charge is 0.407 e. The van der Waals surface area contributed by atoms with Crippen LogP contribution in [0.25, 0.3) is 21.7 Å². The molecule has 11 heteroatoms. The number of thiazole rings is 1. The predicted molar refractivity (Wildman–Crippen MR) is 145 cm³/mol. The number of benzene rings is 1. The molecule has 0 spiro atoms. The average molecular weight is 546 g/mol. The SMILES string of the molecule is CC(C)OC(=O)N[C@H]1CC[C@H](c2ncc(-c3ccc(-c4cc[nH]n4)cc3S(=O)(=O)NC(C)(C)C)s2)CC1. The first kappa shape index (κ1) is 27.3. The highest BCUT2D eigenvalue weighted by Crippen LogP contribution is 2.40. The fourth-order valence-electron chi connectivity index (χ4n) is 4.49. The first-order chi connectivity index (χ1) is 17.4. The van der Waals surface area contributed by atoms with Gasteiger partial charge in [0, 0.05) is 41.0 Å². The predicted octanol–water partition coefficient (Wildman–Crippen LogP) is 5.44. The van der Waals surface area contributed by atoms with Gasteiger partial charge in [0.25, 0.3) is 0 Å². The van der Waals surface area contributed by atoms with Crippen LogP contribution in [0.4, 0.5) is 4.79 Å². The lowest BCUT2D eigenvalue weighted by atomic mass is 9.86. The third kappa shape index (κ3) is 6.97. The molecule has 9 nitrogen and oxygen atoms in total. The Balaban J connectivity index is 1.56. The zero-order chi connectivity index (χ0) is 26.8. The summed E-state index contributed by atoms with van der Waals surface area (Å²) in [5, 5.41) is 10.9. The molecular weight excluding hydrogens is 510 g/mol. The van der Waals surface area contributed by atoms with E-state index in [1.165, 1.54) is 11.3 Å². The molecule has 1 aliphatic rings. The van der Waals surface area contributed by atoms with Gasteiger partial charge in [-0.05, 0) is 72.4 Å². The maximum Gasteiger partial charge on any atom is 0.407 e. The first-order valence-corrected chi connectivity index (χ1v) is 14.8. The van der Waals surface area contributed by atoms with Gasteiger partial charge in [-0.1, -0.05) is 12.1 Å². The van der Waals surface area contributed by atoms with Crippen LogP contribution in [-0.4, -0.2) is 47.4 Å². The summed E-state index contributed by atoms with van der Waals surface area (Å²) in [6.45, 7) is 9.12. The minimum atomic E-state index is -3.81. The lowest BCUT2D eigenvalue weighted by Gasteiger charge is -2.28. The second kappa shape index (κ2) is 10.9. The molecule has 2 aromatic heterocycles. The molecule has 1 saturated carbocycles. The van der Waals surface area contributed by atoms with E-state index in [2.05, 4.69) is 25.2 Å². The van der Waals surface area contributed by atoms with E-state index in [0.29, 0.717) is 16.8 Å². The number of ether oxygens (including phenoxy) is 1. The van der Waals surface area contributed by atoms with Gasteiger partial charge in [-0.3, -0.25) is 5.10 Å². The zero-order valence-corrected chi connectivity index (χ0v) is 23.5. The number of hydrogen-bond acceptors (Lipinski definition) is 7. The molecule has 200 valence electrons. The van der Waals surface area contributed by atoms with Crippen LogP contribution in [0.5, 0.6) is 0 Å². The van der Waals surface area contributed by atoms with Gasteiger partial charge in [0.15, 0.2) is 0 Å². The standard InChI is InChI=1S/C26H35N5O4S2/c1-16(2)35-25(32)29-19-9-6-17(7-10-19)24-27-15-22(36-24)20-11-8-18(21-12-13-28-30-21)14-23(20)37(33,34)31-26(3,4)5/h8,11-17,19,31H,6-7,9-10H2,1-5H3,(H,28,30)(H,29,32)/t17-,19-. The lowest BCUT2D eigenvalue weighted by molar-refractivity contribution is 0.109. The molecule has 1 aliphatic carbocycles. The van der Waals surface area contributed by atoms with Gasteiger partial charge in [0.1, 0.15) is 0 Å². The number of aromatic amines is 1. The number of alkyl carbamates (subject to hydrolysis) is 1. The molecular formula is C26H35N5O4S2. The summed E-state index contributed by atoms with van der Waals surface area (Å²) in [7, 11) is -3.81. The average Bonchev–Trinajstić information content (AvgIpc) is 3.50. The molecule has 0 bridgehead atoms. The van der Waals surface area contributed by atoms with E-state index >= 15 is 0 Å². The molecule has 37 heavy (non-hydrogen) atoms. The van der Waals surface area contributed by atoms with Crippen molar-refractivity contribution in [3.63, 3.8) is 0 Å². The number of hydrogen-bond donors (Lipinski definition) is 3. The van der Waals surface area contributed by atoms with Gasteiger partial charge in [0.05, 0.1) is 26.6 Å². The Morgan fingerprint density at radius 1 is 1.16 bits per heavy atom. The number of sulfonamides is 1. The highest BCUT2D eigenvalue weighted by atomic mass is 32.2. The molecule has 0 radical (unpaired) electrons. The van der Waals surface area contributed by atoms with Crippen molar-refractivity contribution in [1.29, 1.82) is 0 Å². The molecule has 1 aromatic carbocycles. The molecule has 1 amide bonds. The largest absolute Gasteiger partial charge is 0.447 e. The topological polar surface area (TPSA) is 126 Å². The van der Waals surface area contributed by atoms with E-state index < -0.39 is 15.6 Å². The van der Waals surface area contributed by atoms with Crippen LogP contribution in [-0.2, 0) is 14.8 Å². The summed E-state index contributed by atoms with van der Waals surface area (Å²) in [6, 6.07) is 7.29. The molecule has 0 saturated heterocycles. The number of nitrogens with zero attached hydrogens (tertiary/aromatic N) is 2. The highest BCUT2D eigenvalue weighted by molar-refractivity contribution is 7.89. The van der Waals surface area contributed by atoms with Crippen molar-refractivity contribution in [3.05, 3.63) is 41.7 Å². The Bertz CT molecular complexity index is 1320. The summed E-state index contributed by atoms with van der Waals surface area (Å²) >= 11 is 1.53. The molecule has 2 heterocycles. The van der Waals surface area contributed by atoms with Crippen molar-refractivity contribution in [2.45, 2.75) is 88.8 Å². The summed E-state index contributed by atoms with van der Waals surface area (Å²) in [5.41, 5.74) is 1.37. The molecule has 3 aromatic rings. The van der Waals surface area contributed by atoms with Crippen LogP contribution in [0.15, 0.2) is 41.6 Å². The van der Waals surface area contributed by atoms with Gasteiger partial charge < -0.3 is 10.1 Å². The second-order valence-corrected chi connectivity index (χ2v) is 13.4. The van der Waals surface area contributed by atoms with Crippen molar-refractivity contribution in [2.24, 2.45) is 0 Å². The van der Waals surface area contributed by atoms with Gasteiger partial charge >= 0.3 is 6.09 Å². The Kier molecular flexibility index (Phi) is 8.05. The van der Waals surface area contributed by atoms with Crippen LogP contribution in [0, 0.1) is 0 Å². The van der Waals surface area contributed by atoms with Crippen LogP contribution < -0.4 is 10.0 Å². The van der Waals surface area contributed by atoms with Gasteiger partial charge in [-0.15, -0.1) is 11.3 Å². The first-order valence-electron chi connectivity index (χ1n) is 12.5. The van der Waals surface area contributed by atoms with E-state index in [-0.39, 0.29) is 29.1 Å². The van der Waals surface area contributed by atoms with Crippen molar-refractivity contribution in [2.75, 3.05) is 0 Å². The van der Waals surface area contributed by atoms with Gasteiger partial charge in [-0.2, -0.15) is 5.10 Å². The van der Waals surface area contributed by atoms with E-state index in [4.69, 9.17) is 4.74 Å². The number of aromatic nitrogens is 3. The molecule has 1 fully saturated rings. The molecule has 0 aliphatic heterocycles. The summed E-state index contributed by atoms with van der Waals surface area (Å²) in [4.78, 5) is 17.6. The monoisotopic (exact) mass is 545 g/mol. The Morgan fingerprint density at radius 3 is 2.51 bits per heavy atom. The van der Waals surface area contributed by atoms with E-state index in [0.717, 1.165) is 35.6 Å². The maximum absolute atomic E-state index is 13.5. The lowest BCUT2D eigenvalue weighted by Crippen LogP contribution is -2.40. The minimum Gasteiger partial charge on any atom is -0.447 e. The number of carbonyl (C=O) groups is 1. The number of H-pyrrole nitrogens is 1. The third-order valence-corrected chi connectivity index (χ3v) is 9.03. The maximum atomic E-state index is 13.5. The van der Waals surface area contributed by atoms with Gasteiger partial charge in [0.2, 0.25) is 10.0 Å². The number of carbonyl (C=O) groups excluding carboxylic acids is 1. The Hall–Kier alpha value is -2.76. The quantitative estimate of drug-likeness (QED) is 0.363. The fourth-order valence-corrected chi connectivity index (χ4v) is 7.34. The van der Waals surface area contributed by atoms with Crippen LogP contribution in [0.2, 0.25) is 0 Å². The second-order valence-electron chi connectivity index (χ2n) is 10.7. The summed E-state index contributed by atoms with van der Waals surface area (Å²) in [6.07, 6.45) is 6.45. The Labute approximate surface area is 222 Å². The van der Waals surface area contributed by atoms with Crippen LogP contribution >= 0.6 is 11.3 Å². The number of amides is 1. The third-order valence-electron chi connectivity index (χ3n) is 6.04. The summed E-state index contributed by atoms with van der Waals surface area (Å²) in [5.74, 6) is 0.272. The fraction of sp³-hybridized carbons (Fsp3) is 0.500. The van der Waals surface area contributed by atoms with Gasteiger partial charge in [-0.25, -0.2) is 22.9 Å². The molecule has 0 atom stereocenters. The van der Waals surface area contributed by atoms with Crippen LogP contribution in [0.1, 0.15) is 71.2 Å². The van der Waals surface area contributed by atoms with Crippen molar-refractivity contribution in [3.8, 4) is 21.7 Å². The number of nitrogens with one attached hydrogen (secondary N) is 3. The summed E-state index contributed by atoms with van der Waals surface area (Å²) < 4.78 is 34.9. The van der Waals surface area contributed by atoms with E-state index in [9.17, 15) is 13.2 Å². The molecule has 0 unspecified atom stereocenters. The van der Waals surface area contributed by atoms with Crippen molar-refractivity contribution in [1.82, 2.24) is 25.2 Å². The van der Waals surface area contributed by atoms with E-state index in [1.54, 1.807) is 24.5 Å². The Morgan fingerprint density at radius 2 is 1.89 bits per heavy atom. The molecule has 3 N–H and O–H groups in total. The normalized spacial score (nSPS) is 18.6.